The smallest absolute Gasteiger partial charge is 0.244 e. The minimum atomic E-state index is -0.265. The third-order valence-corrected chi connectivity index (χ3v) is 4.63. The molecule has 0 atom stereocenters. The number of anilines is 2. The van der Waals surface area contributed by atoms with Crippen molar-refractivity contribution in [1.29, 1.82) is 0 Å². The summed E-state index contributed by atoms with van der Waals surface area (Å²) in [6.45, 7) is 2.99. The maximum atomic E-state index is 12.4. The summed E-state index contributed by atoms with van der Waals surface area (Å²) in [5.41, 5.74) is 7.63. The fourth-order valence-corrected chi connectivity index (χ4v) is 2.75. The third kappa shape index (κ3) is 7.49. The molecule has 0 aliphatic heterocycles. The number of nitrogens with one attached hydrogen (secondary N) is 1. The van der Waals surface area contributed by atoms with E-state index in [0.717, 1.165) is 11.3 Å². The number of aryl methyl sites for hydroxylation is 1. The van der Waals surface area contributed by atoms with Gasteiger partial charge >= 0.3 is 0 Å². The highest BCUT2D eigenvalue weighted by atomic mass is 16.5. The number of ether oxygens (including phenoxy) is 2. The van der Waals surface area contributed by atoms with E-state index in [-0.39, 0.29) is 37.3 Å². The topological polar surface area (TPSA) is 137 Å². The number of rotatable bonds is 11. The van der Waals surface area contributed by atoms with Crippen LogP contribution in [0.25, 0.3) is 0 Å². The monoisotopic (exact) mass is 453 g/mol. The van der Waals surface area contributed by atoms with Gasteiger partial charge in [0.1, 0.15) is 30.9 Å². The van der Waals surface area contributed by atoms with Gasteiger partial charge in [-0.3, -0.25) is 14.3 Å². The molecule has 0 spiro atoms. The van der Waals surface area contributed by atoms with Crippen molar-refractivity contribution in [3.8, 4) is 11.6 Å². The van der Waals surface area contributed by atoms with Crippen LogP contribution in [0.4, 0.5) is 11.4 Å². The second-order valence-corrected chi connectivity index (χ2v) is 7.33. The summed E-state index contributed by atoms with van der Waals surface area (Å²) < 4.78 is 12.5. The zero-order valence-corrected chi connectivity index (χ0v) is 18.6. The standard InChI is InChI=1S/C22H27N7O4/c1-16-3-5-18(6-4-16)32-10-8-28(2)21(31)14-29-13-17(11-26-29)27-20(30)7-9-33-22-19(23)12-24-15-25-22/h3-6,11-13,15H,7-10,14,23H2,1-2H3,(H,27,30). The summed E-state index contributed by atoms with van der Waals surface area (Å²) in [6.07, 6.45) is 5.91. The van der Waals surface area contributed by atoms with Gasteiger partial charge in [-0.15, -0.1) is 0 Å². The Hall–Kier alpha value is -4.15. The van der Waals surface area contributed by atoms with E-state index < -0.39 is 0 Å². The Kier molecular flexibility index (Phi) is 8.17. The molecule has 3 N–H and O–H groups in total. The molecule has 0 aliphatic carbocycles. The van der Waals surface area contributed by atoms with Gasteiger partial charge in [-0.05, 0) is 19.1 Å². The van der Waals surface area contributed by atoms with Crippen LogP contribution in [0.1, 0.15) is 12.0 Å². The van der Waals surface area contributed by atoms with E-state index in [4.69, 9.17) is 15.2 Å². The highest BCUT2D eigenvalue weighted by molar-refractivity contribution is 5.90. The molecular formula is C22H27N7O4. The van der Waals surface area contributed by atoms with Crippen LogP contribution in [0.2, 0.25) is 0 Å². The molecule has 0 fully saturated rings. The molecule has 0 saturated carbocycles. The van der Waals surface area contributed by atoms with E-state index >= 15 is 0 Å². The zero-order valence-electron chi connectivity index (χ0n) is 18.6. The number of aromatic nitrogens is 4. The molecule has 0 radical (unpaired) electrons. The molecule has 1 aromatic carbocycles. The number of nitrogens with zero attached hydrogens (tertiary/aromatic N) is 5. The predicted molar refractivity (Wildman–Crippen MR) is 122 cm³/mol. The maximum Gasteiger partial charge on any atom is 0.244 e. The van der Waals surface area contributed by atoms with Crippen LogP contribution < -0.4 is 20.5 Å². The first-order chi connectivity index (χ1) is 15.9. The van der Waals surface area contributed by atoms with Crippen molar-refractivity contribution in [2.24, 2.45) is 0 Å². The van der Waals surface area contributed by atoms with Gasteiger partial charge in [0.15, 0.2) is 0 Å². The zero-order chi connectivity index (χ0) is 23.6. The summed E-state index contributed by atoms with van der Waals surface area (Å²) in [5, 5.41) is 6.84. The van der Waals surface area contributed by atoms with Crippen molar-refractivity contribution >= 4 is 23.2 Å². The van der Waals surface area contributed by atoms with Gasteiger partial charge < -0.3 is 25.4 Å². The van der Waals surface area contributed by atoms with Crippen molar-refractivity contribution in [1.82, 2.24) is 24.6 Å². The number of benzene rings is 1. The molecule has 33 heavy (non-hydrogen) atoms. The van der Waals surface area contributed by atoms with E-state index in [1.165, 1.54) is 23.4 Å². The summed E-state index contributed by atoms with van der Waals surface area (Å²) in [7, 11) is 1.71. The Balaban J connectivity index is 1.37. The Morgan fingerprint density at radius 2 is 1.94 bits per heavy atom. The van der Waals surface area contributed by atoms with Crippen LogP contribution in [0.5, 0.6) is 11.6 Å². The molecule has 11 heteroatoms. The van der Waals surface area contributed by atoms with E-state index in [9.17, 15) is 9.59 Å². The van der Waals surface area contributed by atoms with Gasteiger partial charge in [0.2, 0.25) is 17.7 Å². The number of carbonyl (C=O) groups excluding carboxylic acids is 2. The molecule has 2 amide bonds. The first-order valence-electron chi connectivity index (χ1n) is 10.3. The largest absolute Gasteiger partial charge is 0.492 e. The molecule has 3 rings (SSSR count). The lowest BCUT2D eigenvalue weighted by Gasteiger charge is -2.17. The van der Waals surface area contributed by atoms with Gasteiger partial charge in [0, 0.05) is 13.2 Å². The number of nitrogen functional groups attached to an aromatic ring is 1. The molecule has 0 unspecified atom stereocenters. The van der Waals surface area contributed by atoms with E-state index in [1.807, 2.05) is 31.2 Å². The van der Waals surface area contributed by atoms with Crippen molar-refractivity contribution in [3.05, 3.63) is 54.7 Å². The maximum absolute atomic E-state index is 12.4. The van der Waals surface area contributed by atoms with E-state index in [0.29, 0.717) is 24.5 Å². The fraction of sp³-hybridized carbons (Fsp3) is 0.318. The van der Waals surface area contributed by atoms with Crippen LogP contribution in [0, 0.1) is 6.92 Å². The summed E-state index contributed by atoms with van der Waals surface area (Å²) in [5.74, 6) is 0.607. The lowest BCUT2D eigenvalue weighted by atomic mass is 10.2. The van der Waals surface area contributed by atoms with Gasteiger partial charge in [-0.25, -0.2) is 9.97 Å². The lowest BCUT2D eigenvalue weighted by Crippen LogP contribution is -2.33. The average Bonchev–Trinajstić information content (AvgIpc) is 3.22. The van der Waals surface area contributed by atoms with Gasteiger partial charge in [0.25, 0.3) is 0 Å². The normalized spacial score (nSPS) is 10.5. The van der Waals surface area contributed by atoms with E-state index in [1.54, 1.807) is 18.1 Å². The highest BCUT2D eigenvalue weighted by Gasteiger charge is 2.12. The number of hydrogen-bond donors (Lipinski definition) is 2. The Bertz CT molecular complexity index is 1070. The first kappa shape index (κ1) is 23.5. The second kappa shape index (κ2) is 11.5. The number of nitrogens with two attached hydrogens (primary N) is 1. The number of likely N-dealkylation sites (N-methyl/N-ethyl adjacent to an activating group) is 1. The molecular weight excluding hydrogens is 426 g/mol. The minimum Gasteiger partial charge on any atom is -0.492 e. The average molecular weight is 454 g/mol. The van der Waals surface area contributed by atoms with Gasteiger partial charge in [0.05, 0.1) is 37.7 Å². The molecule has 0 aliphatic rings. The van der Waals surface area contributed by atoms with Crippen molar-refractivity contribution in [2.75, 3.05) is 37.9 Å². The summed E-state index contributed by atoms with van der Waals surface area (Å²) in [4.78, 5) is 33.8. The molecule has 11 nitrogen and oxygen atoms in total. The van der Waals surface area contributed by atoms with Crippen molar-refractivity contribution < 1.29 is 19.1 Å². The quantitative estimate of drug-likeness (QED) is 0.446. The molecule has 3 aromatic rings. The van der Waals surface area contributed by atoms with Gasteiger partial charge in [-0.1, -0.05) is 17.7 Å². The fourth-order valence-electron chi connectivity index (χ4n) is 2.75. The van der Waals surface area contributed by atoms with Crippen molar-refractivity contribution in [2.45, 2.75) is 19.9 Å². The van der Waals surface area contributed by atoms with Crippen LogP contribution in [0.15, 0.2) is 49.2 Å². The van der Waals surface area contributed by atoms with Crippen molar-refractivity contribution in [3.63, 3.8) is 0 Å². The van der Waals surface area contributed by atoms with Gasteiger partial charge in [-0.2, -0.15) is 5.10 Å². The summed E-state index contributed by atoms with van der Waals surface area (Å²) >= 11 is 0. The molecule has 2 heterocycles. The molecule has 0 bridgehead atoms. The van der Waals surface area contributed by atoms with E-state index in [2.05, 4.69) is 20.4 Å². The lowest BCUT2D eigenvalue weighted by molar-refractivity contribution is -0.131. The first-order valence-corrected chi connectivity index (χ1v) is 10.3. The predicted octanol–water partition coefficient (Wildman–Crippen LogP) is 1.51. The molecule has 174 valence electrons. The number of amides is 2. The number of hydrogen-bond acceptors (Lipinski definition) is 8. The third-order valence-electron chi connectivity index (χ3n) is 4.63. The van der Waals surface area contributed by atoms with Crippen LogP contribution >= 0.6 is 0 Å². The van der Waals surface area contributed by atoms with Crippen LogP contribution in [-0.2, 0) is 16.1 Å². The molecule has 0 saturated heterocycles. The highest BCUT2D eigenvalue weighted by Crippen LogP contribution is 2.15. The summed E-state index contributed by atoms with van der Waals surface area (Å²) in [6, 6.07) is 7.74. The Morgan fingerprint density at radius 3 is 2.70 bits per heavy atom. The second-order valence-electron chi connectivity index (χ2n) is 7.33. The van der Waals surface area contributed by atoms with Crippen LogP contribution in [-0.4, -0.2) is 63.3 Å². The number of carbonyl (C=O) groups is 2. The van der Waals surface area contributed by atoms with Crippen LogP contribution in [0.3, 0.4) is 0 Å². The SMILES string of the molecule is Cc1ccc(OCCN(C)C(=O)Cn2cc(NC(=O)CCOc3ncncc3N)cn2)cc1. The molecule has 2 aromatic heterocycles. The Labute approximate surface area is 191 Å². The minimum absolute atomic E-state index is 0.0486. The Morgan fingerprint density at radius 1 is 1.15 bits per heavy atom.